The predicted octanol–water partition coefficient (Wildman–Crippen LogP) is 2.11. The lowest BCUT2D eigenvalue weighted by atomic mass is 9.93. The van der Waals surface area contributed by atoms with Gasteiger partial charge in [0, 0.05) is 10.0 Å². The van der Waals surface area contributed by atoms with Gasteiger partial charge in [0.2, 0.25) is 6.79 Å². The smallest absolute Gasteiger partial charge is 0.314 e. The average Bonchev–Trinajstić information content (AvgIpc) is 3.01. The molecule has 0 saturated heterocycles. The van der Waals surface area contributed by atoms with E-state index in [4.69, 9.17) is 9.47 Å². The molecule has 0 spiro atoms. The molecule has 1 aromatic carbocycles. The van der Waals surface area contributed by atoms with Crippen molar-refractivity contribution in [1.29, 1.82) is 0 Å². The number of carboxylic acids is 1. The van der Waals surface area contributed by atoms with Crippen molar-refractivity contribution in [2.45, 2.75) is 18.3 Å². The highest BCUT2D eigenvalue weighted by atomic mass is 79.9. The van der Waals surface area contributed by atoms with Crippen LogP contribution in [0.25, 0.3) is 0 Å². The summed E-state index contributed by atoms with van der Waals surface area (Å²) in [5.74, 6) is -0.145. The van der Waals surface area contributed by atoms with Crippen LogP contribution in [0.3, 0.4) is 0 Å². The van der Waals surface area contributed by atoms with Crippen molar-refractivity contribution in [2.75, 3.05) is 6.79 Å². The van der Waals surface area contributed by atoms with Crippen molar-refractivity contribution < 1.29 is 24.2 Å². The van der Waals surface area contributed by atoms with E-state index in [1.165, 1.54) is 0 Å². The third kappa shape index (κ3) is 1.38. The van der Waals surface area contributed by atoms with Gasteiger partial charge >= 0.3 is 5.97 Å². The molecule has 3 rings (SSSR count). The lowest BCUT2D eigenvalue weighted by Gasteiger charge is -2.14. The van der Waals surface area contributed by atoms with Crippen LogP contribution in [0.5, 0.6) is 11.5 Å². The highest BCUT2D eigenvalue weighted by Crippen LogP contribution is 2.56. The molecule has 1 N–H and O–H groups in total. The first kappa shape index (κ1) is 11.5. The van der Waals surface area contributed by atoms with Crippen molar-refractivity contribution in [3.8, 4) is 11.5 Å². The summed E-state index contributed by atoms with van der Waals surface area (Å²) < 4.78 is 11.1. The molecular formula is C12H9BrO5. The number of benzene rings is 1. The van der Waals surface area contributed by atoms with E-state index in [-0.39, 0.29) is 6.79 Å². The van der Waals surface area contributed by atoms with E-state index in [0.717, 1.165) is 0 Å². The Labute approximate surface area is 111 Å². The van der Waals surface area contributed by atoms with Gasteiger partial charge in [-0.3, -0.25) is 9.59 Å². The van der Waals surface area contributed by atoms with Crippen LogP contribution in [0.1, 0.15) is 28.8 Å². The second-order valence-electron chi connectivity index (χ2n) is 4.39. The monoisotopic (exact) mass is 312 g/mol. The first-order valence-electron chi connectivity index (χ1n) is 5.41. The summed E-state index contributed by atoms with van der Waals surface area (Å²) in [6.07, 6.45) is 1.82. The second-order valence-corrected chi connectivity index (χ2v) is 5.24. The Hall–Kier alpha value is -1.56. The number of halogens is 1. The molecule has 0 unspecified atom stereocenters. The third-order valence-electron chi connectivity index (χ3n) is 3.42. The minimum atomic E-state index is -0.887. The number of aldehydes is 1. The number of carbonyl (C=O) groups excluding carboxylic acids is 1. The molecule has 18 heavy (non-hydrogen) atoms. The molecule has 0 radical (unpaired) electrons. The van der Waals surface area contributed by atoms with Crippen LogP contribution in [-0.2, 0) is 10.2 Å². The number of hydrogen-bond donors (Lipinski definition) is 1. The average molecular weight is 313 g/mol. The van der Waals surface area contributed by atoms with Crippen LogP contribution >= 0.6 is 15.9 Å². The standard InChI is InChI=1S/C12H9BrO5/c13-8-3-7(12(1-2-12)11(15)16)10-9(6(8)4-14)17-5-18-10/h3-4H,1-2,5H2,(H,15,16). The van der Waals surface area contributed by atoms with Gasteiger partial charge < -0.3 is 14.6 Å². The summed E-state index contributed by atoms with van der Waals surface area (Å²) in [6.45, 7) is 0.00925. The minimum absolute atomic E-state index is 0.00925. The number of carboxylic acid groups (broad SMARTS) is 1. The van der Waals surface area contributed by atoms with Gasteiger partial charge in [-0.25, -0.2) is 0 Å². The molecule has 5 nitrogen and oxygen atoms in total. The Bertz CT molecular complexity index is 562. The molecule has 1 saturated carbocycles. The number of fused-ring (bicyclic) bond motifs is 1. The molecule has 2 aliphatic rings. The second kappa shape index (κ2) is 3.71. The quantitative estimate of drug-likeness (QED) is 0.865. The molecule has 1 aliphatic heterocycles. The van der Waals surface area contributed by atoms with Gasteiger partial charge in [0.25, 0.3) is 0 Å². The van der Waals surface area contributed by atoms with Gasteiger partial charge in [0.05, 0.1) is 11.0 Å². The fraction of sp³-hybridized carbons (Fsp3) is 0.333. The summed E-state index contributed by atoms with van der Waals surface area (Å²) in [6, 6.07) is 1.65. The van der Waals surface area contributed by atoms with Crippen molar-refractivity contribution in [2.24, 2.45) is 0 Å². The molecule has 6 heteroatoms. The number of rotatable bonds is 3. The van der Waals surface area contributed by atoms with Crippen molar-refractivity contribution in [1.82, 2.24) is 0 Å². The maximum absolute atomic E-state index is 11.4. The zero-order valence-corrected chi connectivity index (χ0v) is 10.8. The maximum atomic E-state index is 11.4. The SMILES string of the molecule is O=Cc1c(Br)cc(C2(C(=O)O)CC2)c2c1OCO2. The van der Waals surface area contributed by atoms with Crippen molar-refractivity contribution >= 4 is 28.2 Å². The topological polar surface area (TPSA) is 72.8 Å². The van der Waals surface area contributed by atoms with Gasteiger partial charge in [-0.1, -0.05) is 0 Å². The lowest BCUT2D eigenvalue weighted by molar-refractivity contribution is -0.140. The maximum Gasteiger partial charge on any atom is 0.314 e. The van der Waals surface area contributed by atoms with Crippen LogP contribution in [0.4, 0.5) is 0 Å². The number of hydrogen-bond acceptors (Lipinski definition) is 4. The highest BCUT2D eigenvalue weighted by Gasteiger charge is 2.54. The summed E-state index contributed by atoms with van der Waals surface area (Å²) in [5, 5.41) is 9.32. The van der Waals surface area contributed by atoms with E-state index in [0.29, 0.717) is 46.2 Å². The van der Waals surface area contributed by atoms with Crippen LogP contribution in [-0.4, -0.2) is 24.2 Å². The summed E-state index contributed by atoms with van der Waals surface area (Å²) >= 11 is 3.27. The van der Waals surface area contributed by atoms with Gasteiger partial charge in [-0.05, 0) is 34.8 Å². The Kier molecular flexibility index (Phi) is 2.38. The Morgan fingerprint density at radius 1 is 1.39 bits per heavy atom. The predicted molar refractivity (Wildman–Crippen MR) is 64.2 cm³/mol. The van der Waals surface area contributed by atoms with E-state index in [9.17, 15) is 14.7 Å². The van der Waals surface area contributed by atoms with Crippen LogP contribution in [0.2, 0.25) is 0 Å². The summed E-state index contributed by atoms with van der Waals surface area (Å²) in [7, 11) is 0. The number of ether oxygens (including phenoxy) is 2. The molecule has 94 valence electrons. The van der Waals surface area contributed by atoms with Gasteiger partial charge in [0.15, 0.2) is 17.8 Å². The van der Waals surface area contributed by atoms with Crippen LogP contribution in [0, 0.1) is 0 Å². The Balaban J connectivity index is 2.24. The van der Waals surface area contributed by atoms with E-state index in [1.807, 2.05) is 0 Å². The Morgan fingerprint density at radius 2 is 2.06 bits per heavy atom. The molecule has 1 aromatic rings. The zero-order chi connectivity index (χ0) is 12.9. The third-order valence-corrected chi connectivity index (χ3v) is 4.08. The lowest BCUT2D eigenvalue weighted by Crippen LogP contribution is -2.20. The molecule has 1 aliphatic carbocycles. The zero-order valence-electron chi connectivity index (χ0n) is 9.23. The first-order chi connectivity index (χ1) is 8.60. The van der Waals surface area contributed by atoms with Gasteiger partial charge in [0.1, 0.15) is 0 Å². The minimum Gasteiger partial charge on any atom is -0.481 e. The fourth-order valence-corrected chi connectivity index (χ4v) is 2.75. The Morgan fingerprint density at radius 3 is 2.61 bits per heavy atom. The molecule has 0 amide bonds. The van der Waals surface area contributed by atoms with Crippen molar-refractivity contribution in [3.05, 3.63) is 21.7 Å². The normalized spacial score (nSPS) is 18.5. The van der Waals surface area contributed by atoms with E-state index in [2.05, 4.69) is 15.9 Å². The first-order valence-corrected chi connectivity index (χ1v) is 6.20. The molecule has 0 aromatic heterocycles. The van der Waals surface area contributed by atoms with Crippen LogP contribution < -0.4 is 9.47 Å². The number of aliphatic carboxylic acids is 1. The van der Waals surface area contributed by atoms with E-state index in [1.54, 1.807) is 6.07 Å². The van der Waals surface area contributed by atoms with Crippen molar-refractivity contribution in [3.63, 3.8) is 0 Å². The largest absolute Gasteiger partial charge is 0.481 e. The summed E-state index contributed by atoms with van der Waals surface area (Å²) in [5.41, 5.74) is 0.0502. The van der Waals surface area contributed by atoms with E-state index >= 15 is 0 Å². The summed E-state index contributed by atoms with van der Waals surface area (Å²) in [4.78, 5) is 22.4. The molecule has 1 heterocycles. The molecule has 1 fully saturated rings. The molecular weight excluding hydrogens is 304 g/mol. The van der Waals surface area contributed by atoms with Gasteiger partial charge in [-0.2, -0.15) is 0 Å². The molecule has 0 bridgehead atoms. The fourth-order valence-electron chi connectivity index (χ4n) is 2.25. The molecule has 0 atom stereocenters. The van der Waals surface area contributed by atoms with Gasteiger partial charge in [-0.15, -0.1) is 0 Å². The van der Waals surface area contributed by atoms with E-state index < -0.39 is 11.4 Å². The number of carbonyl (C=O) groups is 2. The highest BCUT2D eigenvalue weighted by molar-refractivity contribution is 9.10. The van der Waals surface area contributed by atoms with Crippen LogP contribution in [0.15, 0.2) is 10.5 Å².